The molecule has 0 saturated heterocycles. The summed E-state index contributed by atoms with van der Waals surface area (Å²) in [7, 11) is 1.69. The van der Waals surface area contributed by atoms with Crippen LogP contribution in [0.2, 0.25) is 0 Å². The molecule has 1 aromatic carbocycles. The number of amides is 1. The highest BCUT2D eigenvalue weighted by atomic mass is 16.5. The molecule has 0 fully saturated rings. The summed E-state index contributed by atoms with van der Waals surface area (Å²) in [6, 6.07) is 4.23. The van der Waals surface area contributed by atoms with Gasteiger partial charge in [0.1, 0.15) is 5.75 Å². The minimum absolute atomic E-state index is 0.126. The van der Waals surface area contributed by atoms with Crippen LogP contribution in [0.3, 0.4) is 0 Å². The molecule has 0 aliphatic carbocycles. The molecule has 0 aromatic heterocycles. The first kappa shape index (κ1) is 14.6. The Morgan fingerprint density at radius 1 is 1.33 bits per heavy atom. The predicted molar refractivity (Wildman–Crippen MR) is 74.1 cm³/mol. The summed E-state index contributed by atoms with van der Waals surface area (Å²) in [5.74, 6) is 1.06. The van der Waals surface area contributed by atoms with E-state index in [1.165, 1.54) is 5.56 Å². The zero-order valence-electron chi connectivity index (χ0n) is 11.8. The highest BCUT2D eigenvalue weighted by Gasteiger charge is 2.08. The van der Waals surface area contributed by atoms with Crippen molar-refractivity contribution in [1.29, 1.82) is 0 Å². The SMILES string of the molecule is CCCC(=O)NCCc1cc(C)cc(C)c1OC. The van der Waals surface area contributed by atoms with Crippen molar-refractivity contribution in [3.8, 4) is 5.75 Å². The molecule has 0 atom stereocenters. The van der Waals surface area contributed by atoms with Gasteiger partial charge in [-0.15, -0.1) is 0 Å². The van der Waals surface area contributed by atoms with Crippen LogP contribution in [0.5, 0.6) is 5.75 Å². The van der Waals surface area contributed by atoms with E-state index in [4.69, 9.17) is 4.74 Å². The second-order valence-electron chi connectivity index (χ2n) is 4.62. The fourth-order valence-corrected chi connectivity index (χ4v) is 2.17. The summed E-state index contributed by atoms with van der Waals surface area (Å²) >= 11 is 0. The normalized spacial score (nSPS) is 10.2. The van der Waals surface area contributed by atoms with E-state index in [2.05, 4.69) is 24.4 Å². The van der Waals surface area contributed by atoms with E-state index in [0.29, 0.717) is 13.0 Å². The van der Waals surface area contributed by atoms with Gasteiger partial charge in [0.15, 0.2) is 0 Å². The maximum atomic E-state index is 11.4. The van der Waals surface area contributed by atoms with Crippen molar-refractivity contribution in [2.24, 2.45) is 0 Å². The second kappa shape index (κ2) is 7.04. The number of methoxy groups -OCH3 is 1. The van der Waals surface area contributed by atoms with E-state index >= 15 is 0 Å². The molecule has 1 amide bonds. The van der Waals surface area contributed by atoms with E-state index in [0.717, 1.165) is 29.7 Å². The van der Waals surface area contributed by atoms with Crippen LogP contribution in [0, 0.1) is 13.8 Å². The number of benzene rings is 1. The highest BCUT2D eigenvalue weighted by molar-refractivity contribution is 5.75. The summed E-state index contributed by atoms with van der Waals surface area (Å²) < 4.78 is 5.42. The first-order valence-corrected chi connectivity index (χ1v) is 6.49. The molecule has 0 radical (unpaired) electrons. The topological polar surface area (TPSA) is 38.3 Å². The van der Waals surface area contributed by atoms with Crippen molar-refractivity contribution in [3.63, 3.8) is 0 Å². The minimum atomic E-state index is 0.126. The molecule has 0 unspecified atom stereocenters. The molecule has 0 saturated carbocycles. The Balaban J connectivity index is 2.64. The third kappa shape index (κ3) is 4.06. The monoisotopic (exact) mass is 249 g/mol. The molecule has 0 aliphatic heterocycles. The summed E-state index contributed by atoms with van der Waals surface area (Å²) in [5, 5.41) is 2.93. The van der Waals surface area contributed by atoms with Crippen LogP contribution in [0.15, 0.2) is 12.1 Å². The van der Waals surface area contributed by atoms with Gasteiger partial charge >= 0.3 is 0 Å². The lowest BCUT2D eigenvalue weighted by molar-refractivity contribution is -0.121. The molecule has 3 nitrogen and oxygen atoms in total. The lowest BCUT2D eigenvalue weighted by atomic mass is 10.0. The summed E-state index contributed by atoms with van der Waals surface area (Å²) in [4.78, 5) is 11.4. The van der Waals surface area contributed by atoms with E-state index in [1.54, 1.807) is 7.11 Å². The number of hydrogen-bond donors (Lipinski definition) is 1. The van der Waals surface area contributed by atoms with Crippen molar-refractivity contribution in [2.75, 3.05) is 13.7 Å². The summed E-state index contributed by atoms with van der Waals surface area (Å²) in [5.41, 5.74) is 3.53. The second-order valence-corrected chi connectivity index (χ2v) is 4.62. The number of nitrogens with one attached hydrogen (secondary N) is 1. The van der Waals surface area contributed by atoms with Crippen molar-refractivity contribution in [2.45, 2.75) is 40.0 Å². The van der Waals surface area contributed by atoms with Crippen LogP contribution in [0.4, 0.5) is 0 Å². The van der Waals surface area contributed by atoms with Crippen LogP contribution in [-0.4, -0.2) is 19.6 Å². The predicted octanol–water partition coefficient (Wildman–Crippen LogP) is 2.77. The zero-order chi connectivity index (χ0) is 13.5. The van der Waals surface area contributed by atoms with Crippen LogP contribution >= 0.6 is 0 Å². The van der Waals surface area contributed by atoms with Gasteiger partial charge in [-0.05, 0) is 37.8 Å². The van der Waals surface area contributed by atoms with E-state index in [1.807, 2.05) is 13.8 Å². The van der Waals surface area contributed by atoms with Gasteiger partial charge in [0.2, 0.25) is 5.91 Å². The average molecular weight is 249 g/mol. The maximum absolute atomic E-state index is 11.4. The quantitative estimate of drug-likeness (QED) is 0.842. The molecular weight excluding hydrogens is 226 g/mol. The van der Waals surface area contributed by atoms with Crippen LogP contribution in [0.25, 0.3) is 0 Å². The number of ether oxygens (including phenoxy) is 1. The molecular formula is C15H23NO2. The molecule has 1 N–H and O–H groups in total. The summed E-state index contributed by atoms with van der Waals surface area (Å²) in [6.07, 6.45) is 2.30. The number of carbonyl (C=O) groups excluding carboxylic acids is 1. The van der Waals surface area contributed by atoms with E-state index < -0.39 is 0 Å². The van der Waals surface area contributed by atoms with Gasteiger partial charge in [-0.2, -0.15) is 0 Å². The van der Waals surface area contributed by atoms with E-state index in [9.17, 15) is 4.79 Å². The van der Waals surface area contributed by atoms with Crippen LogP contribution < -0.4 is 10.1 Å². The molecule has 0 aliphatic rings. The van der Waals surface area contributed by atoms with Gasteiger partial charge in [-0.1, -0.05) is 24.6 Å². The first-order valence-electron chi connectivity index (χ1n) is 6.49. The molecule has 3 heteroatoms. The van der Waals surface area contributed by atoms with Gasteiger partial charge < -0.3 is 10.1 Å². The minimum Gasteiger partial charge on any atom is -0.496 e. The van der Waals surface area contributed by atoms with Crippen molar-refractivity contribution in [3.05, 3.63) is 28.8 Å². The largest absolute Gasteiger partial charge is 0.496 e. The van der Waals surface area contributed by atoms with Crippen LogP contribution in [0.1, 0.15) is 36.5 Å². The standard InChI is InChI=1S/C15H23NO2/c1-5-6-14(17)16-8-7-13-10-11(2)9-12(3)15(13)18-4/h9-10H,5-8H2,1-4H3,(H,16,17). The molecule has 1 aromatic rings. The van der Waals surface area contributed by atoms with E-state index in [-0.39, 0.29) is 5.91 Å². The van der Waals surface area contributed by atoms with Gasteiger partial charge in [-0.3, -0.25) is 4.79 Å². The number of hydrogen-bond acceptors (Lipinski definition) is 2. The Hall–Kier alpha value is -1.51. The van der Waals surface area contributed by atoms with Crippen LogP contribution in [-0.2, 0) is 11.2 Å². The Labute approximate surface area is 110 Å². The molecule has 0 spiro atoms. The molecule has 100 valence electrons. The Bertz CT molecular complexity index is 413. The molecule has 18 heavy (non-hydrogen) atoms. The third-order valence-corrected chi connectivity index (χ3v) is 2.89. The fourth-order valence-electron chi connectivity index (χ4n) is 2.17. The van der Waals surface area contributed by atoms with Gasteiger partial charge in [-0.25, -0.2) is 0 Å². The van der Waals surface area contributed by atoms with Crippen molar-refractivity contribution < 1.29 is 9.53 Å². The fraction of sp³-hybridized carbons (Fsp3) is 0.533. The maximum Gasteiger partial charge on any atom is 0.219 e. The van der Waals surface area contributed by atoms with Gasteiger partial charge in [0.25, 0.3) is 0 Å². The number of carbonyl (C=O) groups is 1. The van der Waals surface area contributed by atoms with Gasteiger partial charge in [0, 0.05) is 13.0 Å². The Kier molecular flexibility index (Phi) is 5.69. The summed E-state index contributed by atoms with van der Waals surface area (Å²) in [6.45, 7) is 6.79. The number of aryl methyl sites for hydroxylation is 2. The smallest absolute Gasteiger partial charge is 0.219 e. The molecule has 0 heterocycles. The zero-order valence-corrected chi connectivity index (χ0v) is 11.8. The Morgan fingerprint density at radius 3 is 2.67 bits per heavy atom. The average Bonchev–Trinajstić information content (AvgIpc) is 2.28. The highest BCUT2D eigenvalue weighted by Crippen LogP contribution is 2.25. The number of rotatable bonds is 6. The molecule has 1 rings (SSSR count). The van der Waals surface area contributed by atoms with Gasteiger partial charge in [0.05, 0.1) is 7.11 Å². The van der Waals surface area contributed by atoms with Crippen molar-refractivity contribution >= 4 is 5.91 Å². The third-order valence-electron chi connectivity index (χ3n) is 2.89. The molecule has 0 bridgehead atoms. The Morgan fingerprint density at radius 2 is 2.06 bits per heavy atom. The first-order chi connectivity index (χ1) is 8.58. The lowest BCUT2D eigenvalue weighted by Crippen LogP contribution is -2.25. The lowest BCUT2D eigenvalue weighted by Gasteiger charge is -2.13. The van der Waals surface area contributed by atoms with Crippen molar-refractivity contribution in [1.82, 2.24) is 5.32 Å².